The normalized spacial score (nSPS) is 14.5. The Balaban J connectivity index is 2.20. The summed E-state index contributed by atoms with van der Waals surface area (Å²) in [5.74, 6) is 0.242. The third kappa shape index (κ3) is 4.00. The molecule has 0 aromatic heterocycles. The average Bonchev–Trinajstić information content (AvgIpc) is 2.78. The summed E-state index contributed by atoms with van der Waals surface area (Å²) in [4.78, 5) is 13.7. The van der Waals surface area contributed by atoms with E-state index in [2.05, 4.69) is 68.8 Å². The topological polar surface area (TPSA) is 43.1 Å². The van der Waals surface area contributed by atoms with Crippen LogP contribution in [0.15, 0.2) is 91.0 Å². The van der Waals surface area contributed by atoms with Crippen molar-refractivity contribution in [2.75, 3.05) is 13.3 Å². The Morgan fingerprint density at radius 1 is 0.833 bits per heavy atom. The Morgan fingerprint density at radius 3 is 1.63 bits per heavy atom. The van der Waals surface area contributed by atoms with Crippen molar-refractivity contribution >= 4 is 17.8 Å². The van der Waals surface area contributed by atoms with Crippen LogP contribution in [0, 0.1) is 0 Å². The van der Waals surface area contributed by atoms with Crippen molar-refractivity contribution in [3.05, 3.63) is 102 Å². The molecule has 1 unspecified atom stereocenters. The van der Waals surface area contributed by atoms with Gasteiger partial charge in [-0.1, -0.05) is 0 Å². The monoisotopic (exact) mass is 419 g/mol. The second kappa shape index (κ2) is 8.46. The molecule has 0 aliphatic rings. The molecule has 3 aromatic rings. The Labute approximate surface area is 181 Å². The molecule has 1 atom stereocenters. The number of carbonyl (C=O) groups excluding carboxylic acids is 1. The van der Waals surface area contributed by atoms with Gasteiger partial charge in [-0.05, 0) is 0 Å². The molecule has 0 radical (unpaired) electrons. The first kappa shape index (κ1) is 22.4. The van der Waals surface area contributed by atoms with Gasteiger partial charge in [-0.3, -0.25) is 0 Å². The third-order valence-electron chi connectivity index (χ3n) is 6.86. The van der Waals surface area contributed by atoms with E-state index < -0.39 is 12.2 Å². The molecule has 0 aliphatic carbocycles. The van der Waals surface area contributed by atoms with E-state index in [-0.39, 0.29) is 11.4 Å². The first-order valence-corrected chi connectivity index (χ1v) is 14.0. The number of benzene rings is 3. The quantitative estimate of drug-likeness (QED) is 0.473. The summed E-state index contributed by atoms with van der Waals surface area (Å²) < 4.78 is 0. The van der Waals surface area contributed by atoms with Crippen molar-refractivity contribution in [2.24, 2.45) is 5.50 Å². The first-order valence-electron chi connectivity index (χ1n) is 10.7. The molecular weight excluding hydrogens is 385 g/mol. The number of rotatable bonds is 8. The van der Waals surface area contributed by atoms with Crippen molar-refractivity contribution in [1.29, 1.82) is 0 Å². The van der Waals surface area contributed by atoms with Gasteiger partial charge in [0.25, 0.3) is 0 Å². The fourth-order valence-corrected chi connectivity index (χ4v) is 6.92. The van der Waals surface area contributed by atoms with Crippen LogP contribution in [-0.2, 0) is 10.2 Å². The fourth-order valence-electron chi connectivity index (χ4n) is 4.46. The molecule has 0 bridgehead atoms. The molecular formula is C27H34NOP. The van der Waals surface area contributed by atoms with Crippen molar-refractivity contribution in [1.82, 2.24) is 0 Å². The van der Waals surface area contributed by atoms with E-state index in [0.29, 0.717) is 12.8 Å². The number of ketones is 1. The van der Waals surface area contributed by atoms with Crippen LogP contribution in [0.2, 0.25) is 0 Å². The molecule has 3 aromatic carbocycles. The number of hydrogen-bond acceptors (Lipinski definition) is 2. The second-order valence-corrected chi connectivity index (χ2v) is 15.2. The second-order valence-electron chi connectivity index (χ2n) is 9.14. The van der Waals surface area contributed by atoms with E-state index in [0.717, 1.165) is 11.1 Å². The minimum atomic E-state index is -2.76. The zero-order valence-electron chi connectivity index (χ0n) is 18.6. The Bertz CT molecular complexity index is 935. The summed E-state index contributed by atoms with van der Waals surface area (Å²) in [7, 11) is 0. The molecule has 0 heterocycles. The van der Waals surface area contributed by atoms with Gasteiger partial charge in [0.2, 0.25) is 0 Å². The standard InChI is InChI=1S/C27H34NOP/c1-5-26(29)27(23-15-9-6-10-16-23,24-17-11-7-12-18-24)21-22(2)30(3,4,28)25-19-13-8-14-20-25/h6-20,22H,5,21,28H2,1-4H3. The van der Waals surface area contributed by atoms with Crippen molar-refractivity contribution < 1.29 is 4.79 Å². The maximum absolute atomic E-state index is 13.7. The summed E-state index contributed by atoms with van der Waals surface area (Å²) in [5.41, 5.74) is 8.79. The molecule has 3 heteroatoms. The van der Waals surface area contributed by atoms with Crippen LogP contribution in [0.3, 0.4) is 0 Å². The average molecular weight is 420 g/mol. The fraction of sp³-hybridized carbons (Fsp3) is 0.296. The first-order chi connectivity index (χ1) is 14.2. The molecule has 0 spiro atoms. The van der Waals surface area contributed by atoms with Gasteiger partial charge in [0.1, 0.15) is 0 Å². The van der Waals surface area contributed by atoms with Crippen LogP contribution >= 0.6 is 6.75 Å². The zero-order valence-corrected chi connectivity index (χ0v) is 19.5. The van der Waals surface area contributed by atoms with Crippen LogP contribution in [0.5, 0.6) is 0 Å². The van der Waals surface area contributed by atoms with Crippen LogP contribution in [0.25, 0.3) is 0 Å². The van der Waals surface area contributed by atoms with Gasteiger partial charge in [0.05, 0.1) is 0 Å². The van der Waals surface area contributed by atoms with Gasteiger partial charge in [-0.15, -0.1) is 0 Å². The van der Waals surface area contributed by atoms with E-state index in [1.165, 1.54) is 5.30 Å². The number of carbonyl (C=O) groups is 1. The molecule has 158 valence electrons. The van der Waals surface area contributed by atoms with Gasteiger partial charge in [0.15, 0.2) is 0 Å². The number of hydrogen-bond donors (Lipinski definition) is 1. The molecule has 0 saturated heterocycles. The van der Waals surface area contributed by atoms with Gasteiger partial charge < -0.3 is 0 Å². The van der Waals surface area contributed by atoms with E-state index in [9.17, 15) is 4.79 Å². The molecule has 30 heavy (non-hydrogen) atoms. The van der Waals surface area contributed by atoms with E-state index in [1.54, 1.807) is 0 Å². The third-order valence-corrected chi connectivity index (χ3v) is 11.7. The summed E-state index contributed by atoms with van der Waals surface area (Å²) in [6, 6.07) is 30.9. The maximum atomic E-state index is 13.7. The molecule has 0 fully saturated rings. The Hall–Kier alpha value is -2.28. The van der Waals surface area contributed by atoms with Gasteiger partial charge in [0, 0.05) is 0 Å². The summed E-state index contributed by atoms with van der Waals surface area (Å²) >= 11 is 0. The predicted molar refractivity (Wildman–Crippen MR) is 132 cm³/mol. The molecule has 0 amide bonds. The van der Waals surface area contributed by atoms with Crippen LogP contribution < -0.4 is 10.8 Å². The van der Waals surface area contributed by atoms with E-state index >= 15 is 0 Å². The number of Topliss-reactive ketones (excluding diaryl/α,β-unsaturated/α-hetero) is 1. The predicted octanol–water partition coefficient (Wildman–Crippen LogP) is 5.74. The molecule has 0 saturated carbocycles. The van der Waals surface area contributed by atoms with E-state index in [1.807, 2.05) is 49.4 Å². The van der Waals surface area contributed by atoms with Crippen LogP contribution in [0.1, 0.15) is 37.8 Å². The van der Waals surface area contributed by atoms with Crippen LogP contribution in [-0.4, -0.2) is 24.8 Å². The van der Waals surface area contributed by atoms with Crippen molar-refractivity contribution in [2.45, 2.75) is 37.8 Å². The van der Waals surface area contributed by atoms with Crippen molar-refractivity contribution in [3.63, 3.8) is 0 Å². The SMILES string of the molecule is CCC(=O)C(CC(C)P(C)(C)(N)c1ccccc1)(c1ccccc1)c1ccccc1. The molecule has 2 N–H and O–H groups in total. The van der Waals surface area contributed by atoms with Crippen LogP contribution in [0.4, 0.5) is 0 Å². The molecule has 3 rings (SSSR count). The summed E-state index contributed by atoms with van der Waals surface area (Å²) in [6.45, 7) is 5.88. The van der Waals surface area contributed by atoms with Gasteiger partial charge in [-0.25, -0.2) is 0 Å². The summed E-state index contributed by atoms with van der Waals surface area (Å²) in [5, 5.41) is 1.20. The van der Waals surface area contributed by atoms with Gasteiger partial charge in [-0.2, -0.15) is 0 Å². The number of nitrogens with two attached hydrogens (primary N) is 1. The Morgan fingerprint density at radius 2 is 1.23 bits per heavy atom. The molecule has 0 aliphatic heterocycles. The van der Waals surface area contributed by atoms with Crippen molar-refractivity contribution in [3.8, 4) is 0 Å². The zero-order chi connectivity index (χ0) is 21.9. The van der Waals surface area contributed by atoms with E-state index in [4.69, 9.17) is 5.50 Å². The molecule has 2 nitrogen and oxygen atoms in total. The van der Waals surface area contributed by atoms with Gasteiger partial charge >= 0.3 is 181 Å². The Kier molecular flexibility index (Phi) is 6.32. The minimum absolute atomic E-state index is 0.148. The summed E-state index contributed by atoms with van der Waals surface area (Å²) in [6.07, 6.45) is 1.17.